The van der Waals surface area contributed by atoms with E-state index in [2.05, 4.69) is 9.47 Å². The minimum atomic E-state index is -0.701. The SMILES string of the molecule is COC(=O)CCCCCCCCCCC(=O)O.COC(=O)CCCCCCCCCCC(C)=O.[K+].[OH-]. The Labute approximate surface area is 261 Å². The number of unbranched alkanes of at least 4 members (excludes halogenated alkanes) is 14. The van der Waals surface area contributed by atoms with E-state index in [9.17, 15) is 19.2 Å². The van der Waals surface area contributed by atoms with Crippen molar-refractivity contribution in [1.29, 1.82) is 0 Å². The van der Waals surface area contributed by atoms with Crippen LogP contribution >= 0.6 is 0 Å². The predicted octanol–water partition coefficient (Wildman–Crippen LogP) is 3.62. The van der Waals surface area contributed by atoms with E-state index in [0.29, 0.717) is 25.0 Å². The summed E-state index contributed by atoms with van der Waals surface area (Å²) in [5.41, 5.74) is 0. The van der Waals surface area contributed by atoms with Gasteiger partial charge in [0.15, 0.2) is 0 Å². The van der Waals surface area contributed by atoms with Crippen LogP contribution in [0.5, 0.6) is 0 Å². The van der Waals surface area contributed by atoms with E-state index in [4.69, 9.17) is 5.11 Å². The predicted molar refractivity (Wildman–Crippen MR) is 137 cm³/mol. The zero-order valence-electron chi connectivity index (χ0n) is 23.5. The molecule has 0 saturated heterocycles. The summed E-state index contributed by atoms with van der Waals surface area (Å²) in [5.74, 6) is -0.631. The van der Waals surface area contributed by atoms with Crippen LogP contribution in [-0.4, -0.2) is 48.5 Å². The maximum atomic E-state index is 10.8. The van der Waals surface area contributed by atoms with Crippen molar-refractivity contribution in [2.75, 3.05) is 14.2 Å². The molecule has 0 atom stereocenters. The summed E-state index contributed by atoms with van der Waals surface area (Å²) in [5, 5.41) is 8.44. The van der Waals surface area contributed by atoms with Gasteiger partial charge in [-0.2, -0.15) is 0 Å². The van der Waals surface area contributed by atoms with Gasteiger partial charge in [0.25, 0.3) is 0 Å². The molecule has 0 aliphatic carbocycles. The average molecular weight is 543 g/mol. The van der Waals surface area contributed by atoms with Gasteiger partial charge in [-0.25, -0.2) is 0 Å². The molecular formula is C27H51KO8. The number of aliphatic carboxylic acids is 1. The summed E-state index contributed by atoms with van der Waals surface area (Å²) in [6.07, 6.45) is 19.7. The molecule has 0 radical (unpaired) electrons. The summed E-state index contributed by atoms with van der Waals surface area (Å²) in [6.45, 7) is 1.65. The number of Topliss-reactive ketones (excluding diaryl/α,β-unsaturated/α-hetero) is 1. The van der Waals surface area contributed by atoms with E-state index in [1.54, 1.807) is 6.92 Å². The summed E-state index contributed by atoms with van der Waals surface area (Å²) < 4.78 is 9.13. The number of ether oxygens (including phenoxy) is 2. The second-order valence-corrected chi connectivity index (χ2v) is 8.90. The summed E-state index contributed by atoms with van der Waals surface area (Å²) in [6, 6.07) is 0. The standard InChI is InChI=1S/C14H26O3.C13H24O4.K.H2O/c1-13(15)11-9-7-5-3-4-6-8-10-12-14(16)17-2;1-17-13(16)11-9-7-5-3-2-4-6-8-10-12(14)15;;/h3-12H2,1-2H3;2-11H2,1H3,(H,14,15);;1H2/q;;+1;/p-1. The maximum absolute atomic E-state index is 10.8. The third kappa shape index (κ3) is 40.8. The van der Waals surface area contributed by atoms with Gasteiger partial charge in [0.05, 0.1) is 14.2 Å². The number of carbonyl (C=O) groups excluding carboxylic acids is 3. The Bertz CT molecular complexity index is 480. The van der Waals surface area contributed by atoms with Gasteiger partial charge in [-0.3, -0.25) is 14.4 Å². The van der Waals surface area contributed by atoms with Gasteiger partial charge in [0, 0.05) is 25.7 Å². The summed E-state index contributed by atoms with van der Waals surface area (Å²) in [7, 11) is 2.85. The van der Waals surface area contributed by atoms with Crippen LogP contribution in [0, 0.1) is 0 Å². The van der Waals surface area contributed by atoms with Crippen LogP contribution in [0.2, 0.25) is 0 Å². The number of hydrogen-bond acceptors (Lipinski definition) is 7. The van der Waals surface area contributed by atoms with Crippen molar-refractivity contribution in [3.05, 3.63) is 0 Å². The molecule has 0 aliphatic heterocycles. The molecule has 0 unspecified atom stereocenters. The second-order valence-electron chi connectivity index (χ2n) is 8.90. The van der Waals surface area contributed by atoms with Gasteiger partial charge in [-0.15, -0.1) is 0 Å². The molecule has 2 N–H and O–H groups in total. The minimum Gasteiger partial charge on any atom is -0.870 e. The van der Waals surface area contributed by atoms with Crippen LogP contribution in [0.3, 0.4) is 0 Å². The molecule has 0 aromatic heterocycles. The third-order valence-electron chi connectivity index (χ3n) is 5.64. The zero-order chi connectivity index (χ0) is 25.9. The number of hydrogen-bond donors (Lipinski definition) is 1. The van der Waals surface area contributed by atoms with Crippen LogP contribution in [0.1, 0.15) is 135 Å². The van der Waals surface area contributed by atoms with E-state index in [1.165, 1.54) is 52.7 Å². The molecular weight excluding hydrogens is 491 g/mol. The van der Waals surface area contributed by atoms with E-state index in [0.717, 1.165) is 70.6 Å². The van der Waals surface area contributed by atoms with Gasteiger partial charge < -0.3 is 24.9 Å². The molecule has 0 fully saturated rings. The Kier molecular flexibility index (Phi) is 41.2. The smallest absolute Gasteiger partial charge is 0.870 e. The molecule has 0 aromatic carbocycles. The number of ketones is 1. The quantitative estimate of drug-likeness (QED) is 0.124. The molecule has 0 heterocycles. The third-order valence-corrected chi connectivity index (χ3v) is 5.64. The van der Waals surface area contributed by atoms with Crippen LogP contribution in [0.25, 0.3) is 0 Å². The first-order valence-corrected chi connectivity index (χ1v) is 13.2. The van der Waals surface area contributed by atoms with Gasteiger partial charge in [0.2, 0.25) is 0 Å². The molecule has 208 valence electrons. The number of carbonyl (C=O) groups is 4. The Morgan fingerprint density at radius 3 is 1.00 bits per heavy atom. The van der Waals surface area contributed by atoms with Crippen molar-refractivity contribution in [2.45, 2.75) is 135 Å². The second kappa shape index (κ2) is 34.7. The van der Waals surface area contributed by atoms with Crippen molar-refractivity contribution in [3.63, 3.8) is 0 Å². The molecule has 8 nitrogen and oxygen atoms in total. The van der Waals surface area contributed by atoms with Crippen molar-refractivity contribution >= 4 is 23.7 Å². The van der Waals surface area contributed by atoms with Crippen LogP contribution in [0.4, 0.5) is 0 Å². The zero-order valence-corrected chi connectivity index (χ0v) is 26.6. The molecule has 9 heteroatoms. The molecule has 0 aromatic rings. The van der Waals surface area contributed by atoms with Gasteiger partial charge >= 0.3 is 69.3 Å². The first kappa shape index (κ1) is 42.8. The number of carboxylic acid groups (broad SMARTS) is 1. The van der Waals surface area contributed by atoms with Gasteiger partial charge in [-0.1, -0.05) is 77.0 Å². The largest absolute Gasteiger partial charge is 1.00 e. The summed E-state index contributed by atoms with van der Waals surface area (Å²) in [4.78, 5) is 42.6. The Balaban J connectivity index is -0.000000269. The molecule has 0 rings (SSSR count). The van der Waals surface area contributed by atoms with Crippen LogP contribution < -0.4 is 51.4 Å². The van der Waals surface area contributed by atoms with Crippen LogP contribution in [-0.2, 0) is 28.7 Å². The monoisotopic (exact) mass is 542 g/mol. The van der Waals surface area contributed by atoms with Crippen molar-refractivity contribution in [2.24, 2.45) is 0 Å². The van der Waals surface area contributed by atoms with E-state index in [1.807, 2.05) is 0 Å². The topological polar surface area (TPSA) is 137 Å². The van der Waals surface area contributed by atoms with Crippen molar-refractivity contribution in [3.8, 4) is 0 Å². The molecule has 0 spiro atoms. The summed E-state index contributed by atoms with van der Waals surface area (Å²) >= 11 is 0. The Morgan fingerprint density at radius 2 is 0.750 bits per heavy atom. The first-order valence-electron chi connectivity index (χ1n) is 13.2. The van der Waals surface area contributed by atoms with E-state index >= 15 is 0 Å². The Hall–Kier alpha value is -0.324. The Morgan fingerprint density at radius 1 is 0.500 bits per heavy atom. The normalized spacial score (nSPS) is 9.64. The fourth-order valence-corrected chi connectivity index (χ4v) is 3.51. The fraction of sp³-hybridized carbons (Fsp3) is 0.852. The molecule has 36 heavy (non-hydrogen) atoms. The van der Waals surface area contributed by atoms with Crippen LogP contribution in [0.15, 0.2) is 0 Å². The number of esters is 2. The van der Waals surface area contributed by atoms with E-state index in [-0.39, 0.29) is 68.8 Å². The van der Waals surface area contributed by atoms with Crippen molar-refractivity contribution in [1.82, 2.24) is 0 Å². The van der Waals surface area contributed by atoms with Crippen molar-refractivity contribution < 1.29 is 90.6 Å². The minimum absolute atomic E-state index is 0. The average Bonchev–Trinajstić information content (AvgIpc) is 2.81. The van der Waals surface area contributed by atoms with E-state index < -0.39 is 5.97 Å². The number of carboxylic acids is 1. The molecule has 0 bridgehead atoms. The maximum Gasteiger partial charge on any atom is 1.00 e. The fourth-order valence-electron chi connectivity index (χ4n) is 3.51. The first-order chi connectivity index (χ1) is 16.3. The number of methoxy groups -OCH3 is 2. The van der Waals surface area contributed by atoms with Gasteiger partial charge in [-0.05, 0) is 32.6 Å². The number of rotatable bonds is 22. The van der Waals surface area contributed by atoms with Gasteiger partial charge in [0.1, 0.15) is 5.78 Å². The molecule has 0 saturated carbocycles. The molecule has 0 aliphatic rings. The molecule has 0 amide bonds.